The van der Waals surface area contributed by atoms with Gasteiger partial charge in [0.05, 0.1) is 21.9 Å². The van der Waals surface area contributed by atoms with Gasteiger partial charge in [0.15, 0.2) is 0 Å². The number of carbonyl (C=O) groups excluding carboxylic acids is 2. The molecule has 0 fully saturated rings. The van der Waals surface area contributed by atoms with Gasteiger partial charge >= 0.3 is 23.2 Å². The van der Waals surface area contributed by atoms with Crippen LogP contribution in [0, 0.1) is 0 Å². The molecule has 0 unspecified atom stereocenters. The first-order valence-electron chi connectivity index (χ1n) is 9.28. The summed E-state index contributed by atoms with van der Waals surface area (Å²) in [5.41, 5.74) is -1.61. The Labute approximate surface area is 165 Å². The predicted octanol–water partition coefficient (Wildman–Crippen LogP) is 3.95. The van der Waals surface area contributed by atoms with E-state index in [1.54, 1.807) is 12.1 Å². The molecule has 0 N–H and O–H groups in total. The molecule has 0 aliphatic carbocycles. The normalized spacial score (nSPS) is 14.0. The van der Waals surface area contributed by atoms with E-state index in [0.717, 1.165) is 26.9 Å². The molecule has 1 aliphatic heterocycles. The highest BCUT2D eigenvalue weighted by Gasteiger charge is 2.35. The van der Waals surface area contributed by atoms with E-state index in [9.17, 15) is 19.2 Å². The zero-order valence-electron chi connectivity index (χ0n) is 15.1. The minimum absolute atomic E-state index is 0.0502. The highest BCUT2D eigenvalue weighted by Crippen LogP contribution is 2.46. The topological polar surface area (TPSA) is 90.7 Å². The lowest BCUT2D eigenvalue weighted by molar-refractivity contribution is 0.0392. The van der Waals surface area contributed by atoms with Gasteiger partial charge in [0.2, 0.25) is 0 Å². The van der Waals surface area contributed by atoms with Crippen molar-refractivity contribution in [3.8, 4) is 0 Å². The summed E-state index contributed by atoms with van der Waals surface area (Å²) in [6, 6.07) is 15.0. The molecule has 0 amide bonds. The lowest BCUT2D eigenvalue weighted by Gasteiger charge is -2.20. The van der Waals surface area contributed by atoms with E-state index in [1.165, 1.54) is 0 Å². The molecule has 5 aromatic carbocycles. The van der Waals surface area contributed by atoms with Crippen LogP contribution in [0.15, 0.2) is 62.5 Å². The number of esters is 2. The molecule has 0 atom stereocenters. The molecule has 140 valence electrons. The Kier molecular flexibility index (Phi) is 2.50. The molecule has 6 aromatic rings. The predicted molar refractivity (Wildman–Crippen MR) is 111 cm³/mol. The number of rotatable bonds is 0. The quantitative estimate of drug-likeness (QED) is 0.168. The Morgan fingerprint density at radius 2 is 1.20 bits per heavy atom. The van der Waals surface area contributed by atoms with Gasteiger partial charge in [-0.2, -0.15) is 0 Å². The van der Waals surface area contributed by atoms with Crippen LogP contribution in [-0.2, 0) is 4.74 Å². The summed E-state index contributed by atoms with van der Waals surface area (Å²) in [4.78, 5) is 50.5. The molecule has 0 bridgehead atoms. The maximum absolute atomic E-state index is 12.7. The second kappa shape index (κ2) is 4.80. The first kappa shape index (κ1) is 15.6. The smallest absolute Gasteiger partial charge is 0.347 e. The second-order valence-corrected chi connectivity index (χ2v) is 7.47. The molecule has 7 rings (SSSR count). The molecule has 6 nitrogen and oxygen atoms in total. The molecular weight excluding hydrogens is 384 g/mol. The average Bonchev–Trinajstić information content (AvgIpc) is 3.03. The molecule has 6 heteroatoms. The Morgan fingerprint density at radius 3 is 2.00 bits per heavy atom. The number of benzene rings is 5. The molecule has 1 aliphatic rings. The van der Waals surface area contributed by atoms with Crippen LogP contribution in [0.3, 0.4) is 0 Å². The second-order valence-electron chi connectivity index (χ2n) is 7.47. The third kappa shape index (κ3) is 1.55. The van der Waals surface area contributed by atoms with Crippen LogP contribution in [0.1, 0.15) is 20.7 Å². The van der Waals surface area contributed by atoms with Crippen LogP contribution in [0.2, 0.25) is 0 Å². The number of hydrogen-bond acceptors (Lipinski definition) is 6. The van der Waals surface area contributed by atoms with Gasteiger partial charge in [-0.15, -0.1) is 0 Å². The molecule has 0 radical (unpaired) electrons. The summed E-state index contributed by atoms with van der Waals surface area (Å²) in [5.74, 6) is -1.73. The molecule has 30 heavy (non-hydrogen) atoms. The monoisotopic (exact) mass is 392 g/mol. The van der Waals surface area contributed by atoms with Crippen LogP contribution >= 0.6 is 0 Å². The fourth-order valence-corrected chi connectivity index (χ4v) is 5.05. The summed E-state index contributed by atoms with van der Waals surface area (Å²) < 4.78 is 9.78. The first-order chi connectivity index (χ1) is 14.6. The highest BCUT2D eigenvalue weighted by molar-refractivity contribution is 6.43. The fourth-order valence-electron chi connectivity index (χ4n) is 5.05. The van der Waals surface area contributed by atoms with E-state index in [1.807, 2.05) is 36.4 Å². The van der Waals surface area contributed by atoms with Crippen LogP contribution in [-0.4, -0.2) is 11.9 Å². The summed E-state index contributed by atoms with van der Waals surface area (Å²) in [6.07, 6.45) is 0. The number of carbonyl (C=O) groups is 2. The number of ether oxygens (including phenoxy) is 1. The van der Waals surface area contributed by atoms with Crippen molar-refractivity contribution < 1.29 is 18.7 Å². The Hall–Kier alpha value is -4.32. The van der Waals surface area contributed by atoms with Gasteiger partial charge in [0.1, 0.15) is 0 Å². The minimum atomic E-state index is -0.948. The number of furan rings is 1. The van der Waals surface area contributed by atoms with E-state index in [-0.39, 0.29) is 21.9 Å². The molecule has 0 spiro atoms. The van der Waals surface area contributed by atoms with Crippen molar-refractivity contribution in [1.29, 1.82) is 0 Å². The zero-order valence-corrected chi connectivity index (χ0v) is 15.1. The van der Waals surface area contributed by atoms with E-state index >= 15 is 0 Å². The lowest BCUT2D eigenvalue weighted by atomic mass is 9.83. The number of cyclic esters (lactones) is 2. The summed E-state index contributed by atoms with van der Waals surface area (Å²) in [7, 11) is 0. The van der Waals surface area contributed by atoms with Crippen molar-refractivity contribution in [3.63, 3.8) is 0 Å². The van der Waals surface area contributed by atoms with Gasteiger partial charge in [-0.05, 0) is 33.0 Å². The van der Waals surface area contributed by atoms with Gasteiger partial charge in [-0.25, -0.2) is 19.2 Å². The number of hydrogen-bond donors (Lipinski definition) is 0. The largest absolute Gasteiger partial charge is 0.386 e. The molecule has 2 heterocycles. The average molecular weight is 392 g/mol. The van der Waals surface area contributed by atoms with E-state index in [2.05, 4.69) is 0 Å². The van der Waals surface area contributed by atoms with Crippen molar-refractivity contribution in [1.82, 2.24) is 0 Å². The SMILES string of the molecule is O=C1OC(=O)c2c3c1ccc1c4cccc5cccc(c54)c(c4c(=O)oc(=O)c24)c31. The third-order valence-corrected chi connectivity index (χ3v) is 6.12. The third-order valence-electron chi connectivity index (χ3n) is 6.12. The lowest BCUT2D eigenvalue weighted by Crippen LogP contribution is -2.21. The van der Waals surface area contributed by atoms with Crippen LogP contribution in [0.25, 0.3) is 53.9 Å². The van der Waals surface area contributed by atoms with Crippen molar-refractivity contribution >= 4 is 65.8 Å². The Morgan fingerprint density at radius 1 is 0.533 bits per heavy atom. The van der Waals surface area contributed by atoms with E-state index < -0.39 is 23.2 Å². The van der Waals surface area contributed by atoms with E-state index in [4.69, 9.17) is 9.15 Å². The molecular formula is C24H8O6. The molecule has 1 aromatic heterocycles. The summed E-state index contributed by atoms with van der Waals surface area (Å²) in [6.45, 7) is 0. The fraction of sp³-hybridized carbons (Fsp3) is 0. The van der Waals surface area contributed by atoms with Crippen LogP contribution < -0.4 is 11.3 Å². The minimum Gasteiger partial charge on any atom is -0.386 e. The van der Waals surface area contributed by atoms with Crippen molar-refractivity contribution in [2.45, 2.75) is 0 Å². The summed E-state index contributed by atoms with van der Waals surface area (Å²) >= 11 is 0. The van der Waals surface area contributed by atoms with Gasteiger partial charge in [-0.3, -0.25) is 0 Å². The number of fused-ring (bicyclic) bond motifs is 5. The highest BCUT2D eigenvalue weighted by atomic mass is 16.6. The van der Waals surface area contributed by atoms with E-state index in [0.29, 0.717) is 16.2 Å². The maximum Gasteiger partial charge on any atom is 0.347 e. The van der Waals surface area contributed by atoms with Gasteiger partial charge in [0.25, 0.3) is 0 Å². The first-order valence-corrected chi connectivity index (χ1v) is 9.28. The van der Waals surface area contributed by atoms with Crippen molar-refractivity contribution in [2.75, 3.05) is 0 Å². The van der Waals surface area contributed by atoms with Crippen LogP contribution in [0.4, 0.5) is 0 Å². The molecule has 0 saturated carbocycles. The standard InChI is InChI=1S/C24H8O6/c25-21-13-8-7-11-10-5-1-3-9-4-2-6-12(14(9)10)16-15(11)17(13)19(22(26)29-21)20-18(16)23(27)30-24(20)28/h1-8H. The van der Waals surface area contributed by atoms with Gasteiger partial charge in [0, 0.05) is 16.2 Å². The Bertz CT molecular complexity index is 1890. The zero-order chi connectivity index (χ0) is 20.3. The maximum atomic E-state index is 12.7. The van der Waals surface area contributed by atoms with Crippen molar-refractivity contribution in [2.24, 2.45) is 0 Å². The summed E-state index contributed by atoms with van der Waals surface area (Å²) in [5, 5.41) is 5.75. The van der Waals surface area contributed by atoms with Crippen molar-refractivity contribution in [3.05, 3.63) is 80.5 Å². The van der Waals surface area contributed by atoms with Gasteiger partial charge in [-0.1, -0.05) is 42.5 Å². The molecule has 0 saturated heterocycles. The Balaban J connectivity index is 2.03. The van der Waals surface area contributed by atoms with Crippen LogP contribution in [0.5, 0.6) is 0 Å². The van der Waals surface area contributed by atoms with Gasteiger partial charge < -0.3 is 9.15 Å².